The Balaban J connectivity index is 2.18. The molecule has 0 N–H and O–H groups in total. The molecular weight excluding hydrogens is 208 g/mol. The molecular formula is C12H14O4. The molecule has 4 heteroatoms. The molecule has 1 aliphatic rings. The van der Waals surface area contributed by atoms with E-state index in [0.717, 1.165) is 11.3 Å². The van der Waals surface area contributed by atoms with Gasteiger partial charge in [-0.2, -0.15) is 0 Å². The zero-order valence-corrected chi connectivity index (χ0v) is 9.36. The van der Waals surface area contributed by atoms with Gasteiger partial charge < -0.3 is 14.2 Å². The minimum Gasteiger partial charge on any atom is -0.466 e. The van der Waals surface area contributed by atoms with Crippen LogP contribution >= 0.6 is 0 Å². The Bertz CT molecular complexity index is 400. The van der Waals surface area contributed by atoms with Crippen molar-refractivity contribution in [3.63, 3.8) is 0 Å². The van der Waals surface area contributed by atoms with Crippen LogP contribution in [0.2, 0.25) is 0 Å². The predicted octanol–water partition coefficient (Wildman–Crippen LogP) is 2.08. The van der Waals surface area contributed by atoms with Crippen molar-refractivity contribution < 1.29 is 19.0 Å². The molecule has 1 atom stereocenters. The number of benzene rings is 1. The lowest BCUT2D eigenvalue weighted by Crippen LogP contribution is -2.12. The summed E-state index contributed by atoms with van der Waals surface area (Å²) in [5, 5.41) is 0. The average Bonchev–Trinajstić information content (AvgIpc) is 2.75. The minimum absolute atomic E-state index is 0.221. The zero-order chi connectivity index (χ0) is 11.5. The summed E-state index contributed by atoms with van der Waals surface area (Å²) in [5.41, 5.74) is 0.878. The number of rotatable bonds is 3. The number of carbonyl (C=O) groups excluding carboxylic acids is 1. The highest BCUT2D eigenvalue weighted by molar-refractivity contribution is 5.78. The maximum atomic E-state index is 11.5. The van der Waals surface area contributed by atoms with Crippen LogP contribution in [0.4, 0.5) is 0 Å². The van der Waals surface area contributed by atoms with Crippen LogP contribution in [0.15, 0.2) is 18.2 Å². The molecule has 0 aromatic heterocycles. The molecule has 86 valence electrons. The predicted molar refractivity (Wildman–Crippen MR) is 57.6 cm³/mol. The lowest BCUT2D eigenvalue weighted by atomic mass is 10.0. The number of ether oxygens (including phenoxy) is 3. The van der Waals surface area contributed by atoms with E-state index >= 15 is 0 Å². The van der Waals surface area contributed by atoms with Crippen LogP contribution < -0.4 is 9.47 Å². The molecule has 1 heterocycles. The monoisotopic (exact) mass is 222 g/mol. The number of esters is 1. The molecule has 2 rings (SSSR count). The van der Waals surface area contributed by atoms with Crippen molar-refractivity contribution in [3.05, 3.63) is 23.8 Å². The highest BCUT2D eigenvalue weighted by Gasteiger charge is 2.20. The molecule has 0 radical (unpaired) electrons. The Morgan fingerprint density at radius 1 is 1.44 bits per heavy atom. The van der Waals surface area contributed by atoms with Gasteiger partial charge in [0.15, 0.2) is 11.5 Å². The van der Waals surface area contributed by atoms with Gasteiger partial charge in [-0.25, -0.2) is 0 Å². The van der Waals surface area contributed by atoms with Crippen LogP contribution in [0.3, 0.4) is 0 Å². The standard InChI is InChI=1S/C12H14O4/c1-3-14-12(13)8(2)9-4-5-10-11(6-9)16-7-15-10/h4-6,8H,3,7H2,1-2H3. The summed E-state index contributed by atoms with van der Waals surface area (Å²) in [6, 6.07) is 5.49. The van der Waals surface area contributed by atoms with E-state index in [9.17, 15) is 4.79 Å². The first-order valence-corrected chi connectivity index (χ1v) is 5.28. The summed E-state index contributed by atoms with van der Waals surface area (Å²) in [4.78, 5) is 11.5. The van der Waals surface area contributed by atoms with Crippen molar-refractivity contribution in [2.45, 2.75) is 19.8 Å². The van der Waals surface area contributed by atoms with E-state index in [1.165, 1.54) is 0 Å². The first-order valence-electron chi connectivity index (χ1n) is 5.28. The number of carbonyl (C=O) groups is 1. The van der Waals surface area contributed by atoms with Gasteiger partial charge in [-0.3, -0.25) is 4.79 Å². The lowest BCUT2D eigenvalue weighted by molar-refractivity contribution is -0.144. The van der Waals surface area contributed by atoms with Gasteiger partial charge in [0.1, 0.15) is 0 Å². The number of hydrogen-bond acceptors (Lipinski definition) is 4. The largest absolute Gasteiger partial charge is 0.466 e. The molecule has 4 nitrogen and oxygen atoms in total. The van der Waals surface area contributed by atoms with E-state index in [4.69, 9.17) is 14.2 Å². The summed E-state index contributed by atoms with van der Waals surface area (Å²) < 4.78 is 15.4. The fourth-order valence-corrected chi connectivity index (χ4v) is 1.59. The van der Waals surface area contributed by atoms with Gasteiger partial charge in [-0.05, 0) is 31.5 Å². The molecule has 0 spiro atoms. The van der Waals surface area contributed by atoms with Crippen molar-refractivity contribution in [2.75, 3.05) is 13.4 Å². The maximum absolute atomic E-state index is 11.5. The summed E-state index contributed by atoms with van der Waals surface area (Å²) in [7, 11) is 0. The summed E-state index contributed by atoms with van der Waals surface area (Å²) in [5.74, 6) is 0.907. The van der Waals surface area contributed by atoms with E-state index in [0.29, 0.717) is 12.4 Å². The molecule has 0 saturated carbocycles. The van der Waals surface area contributed by atoms with Gasteiger partial charge in [0.2, 0.25) is 6.79 Å². The second kappa shape index (κ2) is 4.43. The third-order valence-electron chi connectivity index (χ3n) is 2.54. The van der Waals surface area contributed by atoms with E-state index in [1.54, 1.807) is 6.92 Å². The Morgan fingerprint density at radius 2 is 2.19 bits per heavy atom. The minimum atomic E-state index is -0.283. The van der Waals surface area contributed by atoms with Gasteiger partial charge in [-0.15, -0.1) is 0 Å². The number of hydrogen-bond donors (Lipinski definition) is 0. The Kier molecular flexibility index (Phi) is 2.99. The smallest absolute Gasteiger partial charge is 0.313 e. The molecule has 1 aromatic carbocycles. The first-order chi connectivity index (χ1) is 7.72. The van der Waals surface area contributed by atoms with Crippen LogP contribution in [0.25, 0.3) is 0 Å². The van der Waals surface area contributed by atoms with Crippen LogP contribution in [-0.2, 0) is 9.53 Å². The van der Waals surface area contributed by atoms with Gasteiger partial charge in [0, 0.05) is 0 Å². The molecule has 1 unspecified atom stereocenters. The molecule has 0 aliphatic carbocycles. The first kappa shape index (κ1) is 10.8. The van der Waals surface area contributed by atoms with Crippen molar-refractivity contribution in [2.24, 2.45) is 0 Å². The van der Waals surface area contributed by atoms with E-state index < -0.39 is 0 Å². The van der Waals surface area contributed by atoms with Crippen LogP contribution in [0, 0.1) is 0 Å². The van der Waals surface area contributed by atoms with Gasteiger partial charge in [-0.1, -0.05) is 6.07 Å². The maximum Gasteiger partial charge on any atom is 0.313 e. The number of fused-ring (bicyclic) bond motifs is 1. The molecule has 0 fully saturated rings. The Hall–Kier alpha value is -1.71. The van der Waals surface area contributed by atoms with E-state index in [1.807, 2.05) is 25.1 Å². The molecule has 0 saturated heterocycles. The highest BCUT2D eigenvalue weighted by atomic mass is 16.7. The van der Waals surface area contributed by atoms with Crippen molar-refractivity contribution in [1.82, 2.24) is 0 Å². The summed E-state index contributed by atoms with van der Waals surface area (Å²) >= 11 is 0. The fraction of sp³-hybridized carbons (Fsp3) is 0.417. The van der Waals surface area contributed by atoms with Gasteiger partial charge in [0.25, 0.3) is 0 Å². The topological polar surface area (TPSA) is 44.8 Å². The molecule has 16 heavy (non-hydrogen) atoms. The lowest BCUT2D eigenvalue weighted by Gasteiger charge is -2.11. The third kappa shape index (κ3) is 1.96. The third-order valence-corrected chi connectivity index (χ3v) is 2.54. The highest BCUT2D eigenvalue weighted by Crippen LogP contribution is 2.34. The molecule has 1 aliphatic heterocycles. The second-order valence-corrected chi connectivity index (χ2v) is 3.59. The molecule has 0 bridgehead atoms. The summed E-state index contributed by atoms with van der Waals surface area (Å²) in [6.45, 7) is 4.25. The van der Waals surface area contributed by atoms with Crippen molar-refractivity contribution >= 4 is 5.97 Å². The van der Waals surface area contributed by atoms with Gasteiger partial charge in [0.05, 0.1) is 12.5 Å². The average molecular weight is 222 g/mol. The molecule has 1 aromatic rings. The van der Waals surface area contributed by atoms with Crippen molar-refractivity contribution in [3.8, 4) is 11.5 Å². The fourth-order valence-electron chi connectivity index (χ4n) is 1.59. The van der Waals surface area contributed by atoms with Crippen LogP contribution in [0.1, 0.15) is 25.3 Å². The van der Waals surface area contributed by atoms with Crippen LogP contribution in [0.5, 0.6) is 11.5 Å². The SMILES string of the molecule is CCOC(=O)C(C)c1ccc2c(c1)OCO2. The van der Waals surface area contributed by atoms with Crippen LogP contribution in [-0.4, -0.2) is 19.4 Å². The molecule has 0 amide bonds. The Morgan fingerprint density at radius 3 is 2.94 bits per heavy atom. The van der Waals surface area contributed by atoms with E-state index in [2.05, 4.69) is 0 Å². The summed E-state index contributed by atoms with van der Waals surface area (Å²) in [6.07, 6.45) is 0. The van der Waals surface area contributed by atoms with E-state index in [-0.39, 0.29) is 18.7 Å². The van der Waals surface area contributed by atoms with Crippen molar-refractivity contribution in [1.29, 1.82) is 0 Å². The second-order valence-electron chi connectivity index (χ2n) is 3.59. The Labute approximate surface area is 94.1 Å². The normalized spacial score (nSPS) is 14.6. The van der Waals surface area contributed by atoms with Gasteiger partial charge >= 0.3 is 5.97 Å². The quantitative estimate of drug-likeness (QED) is 0.734. The zero-order valence-electron chi connectivity index (χ0n) is 9.36.